The van der Waals surface area contributed by atoms with Gasteiger partial charge in [0, 0.05) is 23.5 Å². The molecule has 0 spiro atoms. The molecule has 3 rings (SSSR count). The SMILES string of the molecule is CC(=O)c1ccc(NC(=O)C(C)N2CCc3ccccc32)cc1. The summed E-state index contributed by atoms with van der Waals surface area (Å²) in [6, 6.07) is 15.0. The highest BCUT2D eigenvalue weighted by molar-refractivity contribution is 5.98. The first kappa shape index (κ1) is 15.3. The number of amides is 1. The van der Waals surface area contributed by atoms with Crippen molar-refractivity contribution in [1.82, 2.24) is 0 Å². The number of hydrogen-bond acceptors (Lipinski definition) is 3. The van der Waals surface area contributed by atoms with Crippen LogP contribution in [-0.2, 0) is 11.2 Å². The number of nitrogens with one attached hydrogen (secondary N) is 1. The second-order valence-electron chi connectivity index (χ2n) is 5.87. The van der Waals surface area contributed by atoms with E-state index >= 15 is 0 Å². The Labute approximate surface area is 136 Å². The maximum atomic E-state index is 12.5. The fourth-order valence-electron chi connectivity index (χ4n) is 2.94. The van der Waals surface area contributed by atoms with Crippen LogP contribution in [0.4, 0.5) is 11.4 Å². The second kappa shape index (κ2) is 6.24. The third-order valence-electron chi connectivity index (χ3n) is 4.33. The van der Waals surface area contributed by atoms with Crippen molar-refractivity contribution in [2.45, 2.75) is 26.3 Å². The number of rotatable bonds is 4. The molecule has 1 amide bonds. The summed E-state index contributed by atoms with van der Waals surface area (Å²) in [5.74, 6) is -0.0257. The molecule has 4 heteroatoms. The van der Waals surface area contributed by atoms with Gasteiger partial charge in [-0.1, -0.05) is 18.2 Å². The number of benzene rings is 2. The minimum atomic E-state index is -0.244. The summed E-state index contributed by atoms with van der Waals surface area (Å²) < 4.78 is 0. The maximum Gasteiger partial charge on any atom is 0.246 e. The molecular weight excluding hydrogens is 288 g/mol. The highest BCUT2D eigenvalue weighted by Crippen LogP contribution is 2.29. The number of hydrogen-bond donors (Lipinski definition) is 1. The number of carbonyl (C=O) groups excluding carboxylic acids is 2. The highest BCUT2D eigenvalue weighted by atomic mass is 16.2. The van der Waals surface area contributed by atoms with Crippen molar-refractivity contribution in [1.29, 1.82) is 0 Å². The minimum absolute atomic E-state index is 0.0184. The van der Waals surface area contributed by atoms with Crippen molar-refractivity contribution in [2.24, 2.45) is 0 Å². The van der Waals surface area contributed by atoms with Crippen LogP contribution in [0.15, 0.2) is 48.5 Å². The molecule has 2 aromatic rings. The minimum Gasteiger partial charge on any atom is -0.359 e. The van der Waals surface area contributed by atoms with E-state index in [0.717, 1.165) is 18.7 Å². The van der Waals surface area contributed by atoms with Gasteiger partial charge in [0.25, 0.3) is 0 Å². The summed E-state index contributed by atoms with van der Waals surface area (Å²) in [7, 11) is 0. The topological polar surface area (TPSA) is 49.4 Å². The first-order valence-corrected chi connectivity index (χ1v) is 7.82. The predicted molar refractivity (Wildman–Crippen MR) is 92.0 cm³/mol. The molecule has 1 unspecified atom stereocenters. The van der Waals surface area contributed by atoms with Crippen LogP contribution in [0.25, 0.3) is 0 Å². The van der Waals surface area contributed by atoms with E-state index in [2.05, 4.69) is 22.3 Å². The van der Waals surface area contributed by atoms with Crippen LogP contribution >= 0.6 is 0 Å². The molecule has 1 atom stereocenters. The zero-order valence-electron chi connectivity index (χ0n) is 13.4. The van der Waals surface area contributed by atoms with Crippen LogP contribution in [0.5, 0.6) is 0 Å². The largest absolute Gasteiger partial charge is 0.359 e. The maximum absolute atomic E-state index is 12.5. The smallest absolute Gasteiger partial charge is 0.246 e. The molecule has 4 nitrogen and oxygen atoms in total. The molecule has 1 heterocycles. The van der Waals surface area contributed by atoms with E-state index in [-0.39, 0.29) is 17.7 Å². The lowest BCUT2D eigenvalue weighted by Gasteiger charge is -2.26. The van der Waals surface area contributed by atoms with Gasteiger partial charge in [0.05, 0.1) is 0 Å². The standard InChI is InChI=1S/C19H20N2O2/c1-13(21-12-11-16-5-3-4-6-18(16)21)19(23)20-17-9-7-15(8-10-17)14(2)22/h3-10,13H,11-12H2,1-2H3,(H,20,23). The van der Waals surface area contributed by atoms with Gasteiger partial charge in [-0.25, -0.2) is 0 Å². The molecule has 0 saturated heterocycles. The molecule has 0 radical (unpaired) electrons. The van der Waals surface area contributed by atoms with Crippen molar-refractivity contribution in [3.05, 3.63) is 59.7 Å². The molecule has 0 aromatic heterocycles. The zero-order chi connectivity index (χ0) is 16.4. The van der Waals surface area contributed by atoms with E-state index in [0.29, 0.717) is 11.3 Å². The molecular formula is C19H20N2O2. The Morgan fingerprint density at radius 3 is 2.48 bits per heavy atom. The molecule has 0 fully saturated rings. The average Bonchev–Trinajstić information content (AvgIpc) is 2.98. The van der Waals surface area contributed by atoms with E-state index in [1.54, 1.807) is 24.3 Å². The van der Waals surface area contributed by atoms with Crippen LogP contribution in [-0.4, -0.2) is 24.3 Å². The van der Waals surface area contributed by atoms with Gasteiger partial charge in [-0.05, 0) is 56.2 Å². The van der Waals surface area contributed by atoms with Crippen molar-refractivity contribution in [3.8, 4) is 0 Å². The fraction of sp³-hybridized carbons (Fsp3) is 0.263. The molecule has 23 heavy (non-hydrogen) atoms. The van der Waals surface area contributed by atoms with Gasteiger partial charge < -0.3 is 10.2 Å². The quantitative estimate of drug-likeness (QED) is 0.882. The summed E-state index contributed by atoms with van der Waals surface area (Å²) in [5.41, 5.74) is 3.78. The first-order valence-electron chi connectivity index (χ1n) is 7.82. The van der Waals surface area contributed by atoms with Gasteiger partial charge >= 0.3 is 0 Å². The van der Waals surface area contributed by atoms with Crippen molar-refractivity contribution < 1.29 is 9.59 Å². The number of Topliss-reactive ketones (excluding diaryl/α,β-unsaturated/α-hetero) is 1. The van der Waals surface area contributed by atoms with Gasteiger partial charge in [-0.3, -0.25) is 9.59 Å². The number of ketones is 1. The first-order chi connectivity index (χ1) is 11.1. The molecule has 2 aromatic carbocycles. The van der Waals surface area contributed by atoms with Crippen LogP contribution < -0.4 is 10.2 Å². The van der Waals surface area contributed by atoms with Crippen LogP contribution in [0.3, 0.4) is 0 Å². The van der Waals surface area contributed by atoms with Crippen molar-refractivity contribution in [3.63, 3.8) is 0 Å². The lowest BCUT2D eigenvalue weighted by Crippen LogP contribution is -2.41. The van der Waals surface area contributed by atoms with Crippen LogP contribution in [0.2, 0.25) is 0 Å². The van der Waals surface area contributed by atoms with Gasteiger partial charge in [0.2, 0.25) is 5.91 Å². The van der Waals surface area contributed by atoms with Gasteiger partial charge in [-0.15, -0.1) is 0 Å². The van der Waals surface area contributed by atoms with E-state index in [4.69, 9.17) is 0 Å². The van der Waals surface area contributed by atoms with E-state index in [9.17, 15) is 9.59 Å². The van der Waals surface area contributed by atoms with Crippen LogP contribution in [0.1, 0.15) is 29.8 Å². The predicted octanol–water partition coefficient (Wildman–Crippen LogP) is 3.28. The van der Waals surface area contributed by atoms with E-state index < -0.39 is 0 Å². The van der Waals surface area contributed by atoms with Gasteiger partial charge in [0.1, 0.15) is 6.04 Å². The number of fused-ring (bicyclic) bond motifs is 1. The van der Waals surface area contributed by atoms with E-state index in [1.807, 2.05) is 19.1 Å². The Hall–Kier alpha value is -2.62. The number of para-hydroxylation sites is 1. The summed E-state index contributed by atoms with van der Waals surface area (Å²) in [6.07, 6.45) is 0.973. The Balaban J connectivity index is 1.70. The van der Waals surface area contributed by atoms with Crippen molar-refractivity contribution in [2.75, 3.05) is 16.8 Å². The normalized spacial score (nSPS) is 14.3. The third-order valence-corrected chi connectivity index (χ3v) is 4.33. The Kier molecular flexibility index (Phi) is 4.15. The van der Waals surface area contributed by atoms with Gasteiger partial charge in [-0.2, -0.15) is 0 Å². The van der Waals surface area contributed by atoms with Crippen molar-refractivity contribution >= 4 is 23.1 Å². The molecule has 1 aliphatic rings. The molecule has 1 aliphatic heterocycles. The molecule has 118 valence electrons. The lowest BCUT2D eigenvalue weighted by atomic mass is 10.1. The molecule has 1 N–H and O–H groups in total. The molecule has 0 saturated carbocycles. The summed E-state index contributed by atoms with van der Waals surface area (Å²) in [4.78, 5) is 25.9. The third kappa shape index (κ3) is 3.11. The Bertz CT molecular complexity index is 737. The average molecular weight is 308 g/mol. The Morgan fingerprint density at radius 1 is 1.09 bits per heavy atom. The monoisotopic (exact) mass is 308 g/mol. The number of anilines is 2. The van der Waals surface area contributed by atoms with E-state index in [1.165, 1.54) is 12.5 Å². The molecule has 0 bridgehead atoms. The summed E-state index contributed by atoms with van der Waals surface area (Å²) in [6.45, 7) is 4.30. The summed E-state index contributed by atoms with van der Waals surface area (Å²) >= 11 is 0. The summed E-state index contributed by atoms with van der Waals surface area (Å²) in [5, 5.41) is 2.92. The zero-order valence-corrected chi connectivity index (χ0v) is 13.4. The van der Waals surface area contributed by atoms with Gasteiger partial charge in [0.15, 0.2) is 5.78 Å². The lowest BCUT2D eigenvalue weighted by molar-refractivity contribution is -0.117. The number of nitrogens with zero attached hydrogens (tertiary/aromatic N) is 1. The second-order valence-corrected chi connectivity index (χ2v) is 5.87. The number of carbonyl (C=O) groups is 2. The fourth-order valence-corrected chi connectivity index (χ4v) is 2.94. The van der Waals surface area contributed by atoms with Crippen LogP contribution in [0, 0.1) is 0 Å². The Morgan fingerprint density at radius 2 is 1.78 bits per heavy atom. The molecule has 0 aliphatic carbocycles. The highest BCUT2D eigenvalue weighted by Gasteiger charge is 2.27.